The Bertz CT molecular complexity index is 1380. The topological polar surface area (TPSA) is 88.9 Å². The maximum Gasteiger partial charge on any atom is 0.303 e. The molecule has 0 aliphatic carbocycles. The quantitative estimate of drug-likeness (QED) is 0.238. The number of aromatic nitrogens is 1. The fourth-order valence-corrected chi connectivity index (χ4v) is 4.32. The molecule has 36 heavy (non-hydrogen) atoms. The van der Waals surface area contributed by atoms with Gasteiger partial charge in [0.25, 0.3) is 0 Å². The number of carbonyl (C=O) groups is 1. The van der Waals surface area contributed by atoms with Crippen LogP contribution in [0.25, 0.3) is 10.9 Å². The third-order valence-electron chi connectivity index (χ3n) is 6.07. The minimum Gasteiger partial charge on any atom is -0.494 e. The van der Waals surface area contributed by atoms with Crippen LogP contribution in [0.3, 0.4) is 0 Å². The number of fused-ring (bicyclic) bond motifs is 1. The van der Waals surface area contributed by atoms with Gasteiger partial charge in [0.1, 0.15) is 5.82 Å². The largest absolute Gasteiger partial charge is 0.494 e. The first-order valence-corrected chi connectivity index (χ1v) is 12.0. The Morgan fingerprint density at radius 3 is 2.39 bits per heavy atom. The molecular formula is C29H30FN3O3. The fourth-order valence-electron chi connectivity index (χ4n) is 4.32. The van der Waals surface area contributed by atoms with E-state index in [0.717, 1.165) is 36.3 Å². The highest BCUT2D eigenvalue weighted by atomic mass is 19.1. The van der Waals surface area contributed by atoms with Gasteiger partial charge in [-0.3, -0.25) is 4.79 Å². The zero-order valence-corrected chi connectivity index (χ0v) is 20.5. The molecule has 0 unspecified atom stereocenters. The number of hydrogen-bond acceptors (Lipinski definition) is 4. The number of rotatable bonds is 10. The number of H-pyrrole nitrogens is 1. The van der Waals surface area contributed by atoms with Gasteiger partial charge in [0, 0.05) is 23.9 Å². The highest BCUT2D eigenvalue weighted by molar-refractivity contribution is 6.21. The molecule has 6 nitrogen and oxygen atoms in total. The lowest BCUT2D eigenvalue weighted by Gasteiger charge is -2.15. The number of benzene rings is 3. The summed E-state index contributed by atoms with van der Waals surface area (Å²) < 4.78 is 13.8. The van der Waals surface area contributed by atoms with Gasteiger partial charge in [-0.2, -0.15) is 0 Å². The van der Waals surface area contributed by atoms with E-state index in [0.29, 0.717) is 28.6 Å². The van der Waals surface area contributed by atoms with E-state index in [-0.39, 0.29) is 12.3 Å². The van der Waals surface area contributed by atoms with Crippen molar-refractivity contribution in [2.24, 2.45) is 4.99 Å². The van der Waals surface area contributed by atoms with Crippen LogP contribution in [0.5, 0.6) is 5.88 Å². The molecule has 0 saturated carbocycles. The van der Waals surface area contributed by atoms with Crippen LogP contribution >= 0.6 is 0 Å². The highest BCUT2D eigenvalue weighted by Crippen LogP contribution is 2.32. The van der Waals surface area contributed by atoms with Crippen LogP contribution in [0.1, 0.15) is 42.0 Å². The van der Waals surface area contributed by atoms with Gasteiger partial charge < -0.3 is 20.1 Å². The van der Waals surface area contributed by atoms with E-state index in [9.17, 15) is 14.3 Å². The van der Waals surface area contributed by atoms with Crippen molar-refractivity contribution in [3.05, 3.63) is 94.8 Å². The molecule has 0 radical (unpaired) electrons. The van der Waals surface area contributed by atoms with Crippen molar-refractivity contribution in [3.63, 3.8) is 0 Å². The number of nitrogens with one attached hydrogen (secondary N) is 1. The van der Waals surface area contributed by atoms with E-state index in [1.165, 1.54) is 17.7 Å². The number of carboxylic acids is 1. The van der Waals surface area contributed by atoms with Gasteiger partial charge in [0.15, 0.2) is 5.88 Å². The zero-order valence-electron chi connectivity index (χ0n) is 20.5. The van der Waals surface area contributed by atoms with Gasteiger partial charge in [0.05, 0.1) is 22.5 Å². The maximum absolute atomic E-state index is 13.8. The number of carboxylic acid groups (broad SMARTS) is 1. The summed E-state index contributed by atoms with van der Waals surface area (Å²) in [6.45, 7) is 4.02. The van der Waals surface area contributed by atoms with Crippen molar-refractivity contribution in [2.75, 3.05) is 13.6 Å². The molecule has 186 valence electrons. The number of nitrogens with zero attached hydrogens (tertiary/aromatic N) is 2. The number of halogens is 1. The second kappa shape index (κ2) is 11.2. The molecule has 7 heteroatoms. The molecule has 0 fully saturated rings. The molecular weight excluding hydrogens is 457 g/mol. The Balaban J connectivity index is 1.75. The van der Waals surface area contributed by atoms with Crippen molar-refractivity contribution >= 4 is 28.3 Å². The lowest BCUT2D eigenvalue weighted by molar-refractivity contribution is -0.136. The number of aromatic hydroxyl groups is 1. The molecule has 0 aliphatic heterocycles. The molecule has 1 heterocycles. The molecule has 0 spiro atoms. The zero-order chi connectivity index (χ0) is 25.7. The molecule has 3 N–H and O–H groups in total. The van der Waals surface area contributed by atoms with Crippen molar-refractivity contribution < 1.29 is 19.4 Å². The predicted octanol–water partition coefficient (Wildman–Crippen LogP) is 6.04. The number of aliphatic carboxylic acids is 1. The molecule has 4 rings (SSSR count). The van der Waals surface area contributed by atoms with Gasteiger partial charge >= 0.3 is 5.97 Å². The molecule has 0 atom stereocenters. The third-order valence-corrected chi connectivity index (χ3v) is 6.07. The van der Waals surface area contributed by atoms with Crippen molar-refractivity contribution in [3.8, 4) is 5.88 Å². The Morgan fingerprint density at radius 2 is 1.72 bits per heavy atom. The monoisotopic (exact) mass is 487 g/mol. The summed E-state index contributed by atoms with van der Waals surface area (Å²) in [4.78, 5) is 20.9. The van der Waals surface area contributed by atoms with Gasteiger partial charge in [0.2, 0.25) is 0 Å². The van der Waals surface area contributed by atoms with Gasteiger partial charge in [-0.25, -0.2) is 9.38 Å². The van der Waals surface area contributed by atoms with E-state index in [4.69, 9.17) is 10.1 Å². The molecule has 0 amide bonds. The first-order valence-electron chi connectivity index (χ1n) is 12.0. The Morgan fingerprint density at radius 1 is 1.03 bits per heavy atom. The standard InChI is InChI=1S/C29H30FN3O3/c1-3-16-33(2)18-20-6-12-23(13-7-20)31-28(21-9-4-19(5-10-21)8-15-26(34)35)27-24-14-11-22(30)17-25(24)32-29(27)36/h4-7,9-14,17,32,36H,3,8,15-16,18H2,1-2H3,(H,34,35). The van der Waals surface area contributed by atoms with Crippen LogP contribution in [0.15, 0.2) is 71.7 Å². The van der Waals surface area contributed by atoms with Crippen molar-refractivity contribution in [1.29, 1.82) is 0 Å². The van der Waals surface area contributed by atoms with Crippen LogP contribution in [0.4, 0.5) is 10.1 Å². The summed E-state index contributed by atoms with van der Waals surface area (Å²) in [6.07, 6.45) is 1.57. The molecule has 3 aromatic carbocycles. The molecule has 0 bridgehead atoms. The minimum atomic E-state index is -0.846. The Labute approximate surface area is 209 Å². The fraction of sp³-hybridized carbons (Fsp3) is 0.241. The number of aliphatic imine (C=N–C) groups is 1. The SMILES string of the molecule is CCCN(C)Cc1ccc(N=C(c2ccc(CCC(=O)O)cc2)c2c(O)[nH]c3cc(F)ccc23)cc1. The highest BCUT2D eigenvalue weighted by Gasteiger charge is 2.19. The van der Waals surface area contributed by atoms with E-state index in [2.05, 4.69) is 23.9 Å². The maximum atomic E-state index is 13.8. The van der Waals surface area contributed by atoms with Gasteiger partial charge in [-0.05, 0) is 67.9 Å². The minimum absolute atomic E-state index is 0.0505. The van der Waals surface area contributed by atoms with Gasteiger partial charge in [-0.1, -0.05) is 43.3 Å². The normalized spacial score (nSPS) is 11.9. The molecule has 0 aliphatic rings. The first kappa shape index (κ1) is 25.1. The summed E-state index contributed by atoms with van der Waals surface area (Å²) in [5, 5.41) is 20.4. The van der Waals surface area contributed by atoms with Crippen molar-refractivity contribution in [2.45, 2.75) is 32.7 Å². The lowest BCUT2D eigenvalue weighted by Crippen LogP contribution is -2.18. The van der Waals surface area contributed by atoms with Crippen LogP contribution in [-0.2, 0) is 17.8 Å². The molecule has 0 saturated heterocycles. The van der Waals surface area contributed by atoms with E-state index >= 15 is 0 Å². The Hall–Kier alpha value is -3.97. The summed E-state index contributed by atoms with van der Waals surface area (Å²) in [6, 6.07) is 19.8. The number of aromatic amines is 1. The van der Waals surface area contributed by atoms with Crippen LogP contribution in [-0.4, -0.2) is 45.4 Å². The predicted molar refractivity (Wildman–Crippen MR) is 141 cm³/mol. The van der Waals surface area contributed by atoms with E-state index in [1.807, 2.05) is 48.5 Å². The summed E-state index contributed by atoms with van der Waals surface area (Å²) >= 11 is 0. The summed E-state index contributed by atoms with van der Waals surface area (Å²) in [5.74, 6) is -1.34. The number of aryl methyl sites for hydroxylation is 1. The van der Waals surface area contributed by atoms with Crippen molar-refractivity contribution in [1.82, 2.24) is 9.88 Å². The van der Waals surface area contributed by atoms with Crippen LogP contribution in [0, 0.1) is 5.82 Å². The number of hydrogen-bond donors (Lipinski definition) is 3. The third kappa shape index (κ3) is 5.98. The van der Waals surface area contributed by atoms with E-state index in [1.54, 1.807) is 6.07 Å². The summed E-state index contributed by atoms with van der Waals surface area (Å²) in [7, 11) is 2.09. The van der Waals surface area contributed by atoms with Gasteiger partial charge in [-0.15, -0.1) is 0 Å². The Kier molecular flexibility index (Phi) is 7.80. The smallest absolute Gasteiger partial charge is 0.303 e. The summed E-state index contributed by atoms with van der Waals surface area (Å²) in [5.41, 5.74) is 5.04. The lowest BCUT2D eigenvalue weighted by atomic mass is 9.98. The first-order chi connectivity index (χ1) is 17.3. The molecule has 4 aromatic rings. The average molecular weight is 488 g/mol. The van der Waals surface area contributed by atoms with Crippen LogP contribution in [0.2, 0.25) is 0 Å². The van der Waals surface area contributed by atoms with Crippen LogP contribution < -0.4 is 0 Å². The van der Waals surface area contributed by atoms with E-state index < -0.39 is 11.8 Å². The molecule has 1 aromatic heterocycles. The second-order valence-corrected chi connectivity index (χ2v) is 8.99. The second-order valence-electron chi connectivity index (χ2n) is 8.99. The average Bonchev–Trinajstić information content (AvgIpc) is 3.17.